The third-order valence-electron chi connectivity index (χ3n) is 2.78. The fourth-order valence-corrected chi connectivity index (χ4v) is 2.44. The highest BCUT2D eigenvalue weighted by atomic mass is 32.1. The summed E-state index contributed by atoms with van der Waals surface area (Å²) in [5, 5.41) is 1.99. The second-order valence-corrected chi connectivity index (χ2v) is 5.10. The van der Waals surface area contributed by atoms with E-state index in [0.717, 1.165) is 17.0 Å². The second kappa shape index (κ2) is 5.24. The normalized spacial score (nSPS) is 11.7. The fraction of sp³-hybridized carbons (Fsp3) is 0.0625. The number of hydrogen-bond donors (Lipinski definition) is 0. The molecule has 94 valence electrons. The minimum Gasteiger partial charge on any atom is -0.429 e. The molecule has 0 saturated carbocycles. The molecule has 0 saturated heterocycles. The Hall–Kier alpha value is -2.13. The smallest absolute Gasteiger partial charge is 0.279 e. The summed E-state index contributed by atoms with van der Waals surface area (Å²) in [6.07, 6.45) is 0. The van der Waals surface area contributed by atoms with Gasteiger partial charge in [0.15, 0.2) is 0 Å². The largest absolute Gasteiger partial charge is 0.429 e. The number of hydrogen-bond acceptors (Lipinski definition) is 3. The zero-order chi connectivity index (χ0) is 13.1. The Kier molecular flexibility index (Phi) is 3.29. The molecule has 3 aromatic rings. The molecular weight excluding hydrogens is 254 g/mol. The van der Waals surface area contributed by atoms with Crippen molar-refractivity contribution in [3.63, 3.8) is 0 Å². The standard InChI is InChI=1S/C16H13NOS/c1-12-7-9-14(10-8-12)17-16-18-15(11-19-16)13-5-3-2-4-6-13/h2-11H,1H3. The molecule has 1 aromatic heterocycles. The predicted molar refractivity (Wildman–Crippen MR) is 78.4 cm³/mol. The molecule has 3 heteroatoms. The van der Waals surface area contributed by atoms with E-state index in [1.54, 1.807) is 0 Å². The van der Waals surface area contributed by atoms with E-state index in [9.17, 15) is 0 Å². The van der Waals surface area contributed by atoms with Gasteiger partial charge in [-0.2, -0.15) is 0 Å². The van der Waals surface area contributed by atoms with Crippen molar-refractivity contribution in [1.29, 1.82) is 0 Å². The second-order valence-electron chi connectivity index (χ2n) is 4.28. The lowest BCUT2D eigenvalue weighted by Crippen LogP contribution is -1.88. The molecule has 0 spiro atoms. The lowest BCUT2D eigenvalue weighted by atomic mass is 10.2. The maximum atomic E-state index is 5.76. The molecular formula is C16H13NOS. The maximum Gasteiger partial charge on any atom is 0.279 e. The Labute approximate surface area is 115 Å². The molecule has 0 aliphatic heterocycles. The minimum absolute atomic E-state index is 0.669. The van der Waals surface area contributed by atoms with E-state index < -0.39 is 0 Å². The molecule has 19 heavy (non-hydrogen) atoms. The Morgan fingerprint density at radius 2 is 1.68 bits per heavy atom. The van der Waals surface area contributed by atoms with E-state index in [0.29, 0.717) is 4.87 Å². The summed E-state index contributed by atoms with van der Waals surface area (Å²) in [6.45, 7) is 2.06. The topological polar surface area (TPSA) is 25.5 Å². The van der Waals surface area contributed by atoms with Gasteiger partial charge in [0, 0.05) is 10.9 Å². The van der Waals surface area contributed by atoms with Crippen molar-refractivity contribution in [3.8, 4) is 11.3 Å². The average Bonchev–Trinajstić information content (AvgIpc) is 2.91. The fourth-order valence-electron chi connectivity index (χ4n) is 1.75. The van der Waals surface area contributed by atoms with Crippen LogP contribution >= 0.6 is 11.3 Å². The summed E-state index contributed by atoms with van der Waals surface area (Å²) in [6, 6.07) is 18.1. The zero-order valence-corrected chi connectivity index (χ0v) is 11.4. The van der Waals surface area contributed by atoms with Crippen LogP contribution in [-0.2, 0) is 0 Å². The predicted octanol–water partition coefficient (Wildman–Crippen LogP) is 4.55. The van der Waals surface area contributed by atoms with Crippen LogP contribution in [0.15, 0.2) is 69.4 Å². The van der Waals surface area contributed by atoms with Gasteiger partial charge >= 0.3 is 0 Å². The van der Waals surface area contributed by atoms with Crippen molar-refractivity contribution in [2.24, 2.45) is 4.99 Å². The summed E-state index contributed by atoms with van der Waals surface area (Å²) in [7, 11) is 0. The van der Waals surface area contributed by atoms with E-state index in [1.165, 1.54) is 16.9 Å². The molecule has 0 N–H and O–H groups in total. The van der Waals surface area contributed by atoms with Crippen molar-refractivity contribution in [1.82, 2.24) is 0 Å². The Morgan fingerprint density at radius 3 is 2.42 bits per heavy atom. The maximum absolute atomic E-state index is 5.76. The highest BCUT2D eigenvalue weighted by Crippen LogP contribution is 2.19. The summed E-state index contributed by atoms with van der Waals surface area (Å²) in [4.78, 5) is 5.15. The highest BCUT2D eigenvalue weighted by molar-refractivity contribution is 7.07. The van der Waals surface area contributed by atoms with Crippen LogP contribution in [0.2, 0.25) is 0 Å². The van der Waals surface area contributed by atoms with Gasteiger partial charge in [0.2, 0.25) is 0 Å². The van der Waals surface area contributed by atoms with E-state index in [2.05, 4.69) is 11.9 Å². The van der Waals surface area contributed by atoms with Crippen LogP contribution in [0.25, 0.3) is 11.3 Å². The van der Waals surface area contributed by atoms with E-state index in [1.807, 2.05) is 60.0 Å². The van der Waals surface area contributed by atoms with Crippen LogP contribution in [0.4, 0.5) is 5.69 Å². The molecule has 3 rings (SSSR count). The van der Waals surface area contributed by atoms with Crippen LogP contribution in [0.5, 0.6) is 0 Å². The van der Waals surface area contributed by atoms with Gasteiger partial charge in [-0.25, -0.2) is 4.99 Å². The van der Waals surface area contributed by atoms with Gasteiger partial charge in [-0.1, -0.05) is 59.4 Å². The van der Waals surface area contributed by atoms with E-state index in [-0.39, 0.29) is 0 Å². The SMILES string of the molecule is Cc1ccc(N=c2oc(-c3ccccc3)cs2)cc1. The van der Waals surface area contributed by atoms with Gasteiger partial charge in [0.05, 0.1) is 5.69 Å². The van der Waals surface area contributed by atoms with Crippen LogP contribution in [-0.4, -0.2) is 0 Å². The summed E-state index contributed by atoms with van der Waals surface area (Å²) in [5.74, 6) is 0.858. The Morgan fingerprint density at radius 1 is 0.947 bits per heavy atom. The first-order chi connectivity index (χ1) is 9.31. The monoisotopic (exact) mass is 267 g/mol. The summed E-state index contributed by atoms with van der Waals surface area (Å²) < 4.78 is 5.76. The zero-order valence-electron chi connectivity index (χ0n) is 10.5. The molecule has 2 nitrogen and oxygen atoms in total. The first-order valence-electron chi connectivity index (χ1n) is 6.07. The van der Waals surface area contributed by atoms with Crippen LogP contribution < -0.4 is 4.87 Å². The number of rotatable bonds is 2. The first-order valence-corrected chi connectivity index (χ1v) is 6.95. The van der Waals surface area contributed by atoms with Crippen molar-refractivity contribution in [2.75, 3.05) is 0 Å². The molecule has 0 radical (unpaired) electrons. The average molecular weight is 267 g/mol. The van der Waals surface area contributed by atoms with E-state index >= 15 is 0 Å². The third kappa shape index (κ3) is 2.83. The van der Waals surface area contributed by atoms with Crippen LogP contribution in [0.1, 0.15) is 5.56 Å². The molecule has 0 atom stereocenters. The number of nitrogens with zero attached hydrogens (tertiary/aromatic N) is 1. The summed E-state index contributed by atoms with van der Waals surface area (Å²) >= 11 is 1.51. The minimum atomic E-state index is 0.669. The molecule has 2 aromatic carbocycles. The molecule has 0 bridgehead atoms. The third-order valence-corrected chi connectivity index (χ3v) is 3.48. The lowest BCUT2D eigenvalue weighted by Gasteiger charge is -1.93. The molecule has 0 amide bonds. The van der Waals surface area contributed by atoms with Gasteiger partial charge in [0.1, 0.15) is 5.76 Å². The van der Waals surface area contributed by atoms with Gasteiger partial charge in [0.25, 0.3) is 4.87 Å². The number of benzene rings is 2. The van der Waals surface area contributed by atoms with Crippen LogP contribution in [0.3, 0.4) is 0 Å². The van der Waals surface area contributed by atoms with E-state index in [4.69, 9.17) is 4.42 Å². The van der Waals surface area contributed by atoms with Crippen molar-refractivity contribution >= 4 is 17.0 Å². The van der Waals surface area contributed by atoms with Crippen LogP contribution in [0, 0.1) is 6.92 Å². The van der Waals surface area contributed by atoms with Gasteiger partial charge in [-0.05, 0) is 19.1 Å². The first kappa shape index (κ1) is 11.9. The molecule has 0 fully saturated rings. The quantitative estimate of drug-likeness (QED) is 0.668. The molecule has 1 heterocycles. The lowest BCUT2D eigenvalue weighted by molar-refractivity contribution is 0.539. The van der Waals surface area contributed by atoms with Gasteiger partial charge in [-0.3, -0.25) is 0 Å². The van der Waals surface area contributed by atoms with Crippen molar-refractivity contribution in [2.45, 2.75) is 6.92 Å². The van der Waals surface area contributed by atoms with Gasteiger partial charge in [-0.15, -0.1) is 0 Å². The highest BCUT2D eigenvalue weighted by Gasteiger charge is 2.01. The van der Waals surface area contributed by atoms with Crippen molar-refractivity contribution < 1.29 is 4.42 Å². The summed E-state index contributed by atoms with van der Waals surface area (Å²) in [5.41, 5.74) is 3.21. The molecule has 0 aliphatic carbocycles. The number of aryl methyl sites for hydroxylation is 1. The molecule has 0 aliphatic rings. The Bertz CT molecular complexity index is 723. The van der Waals surface area contributed by atoms with Gasteiger partial charge < -0.3 is 4.42 Å². The van der Waals surface area contributed by atoms with Crippen molar-refractivity contribution in [3.05, 3.63) is 70.4 Å². The molecule has 0 unspecified atom stereocenters. The Balaban J connectivity index is 1.95.